The van der Waals surface area contributed by atoms with Crippen molar-refractivity contribution in [2.24, 2.45) is 10.8 Å². The topological polar surface area (TPSA) is 148 Å². The number of hydrogen-bond acceptors (Lipinski definition) is 10. The van der Waals surface area contributed by atoms with Gasteiger partial charge in [0.15, 0.2) is 23.3 Å². The molecule has 4 aromatic carbocycles. The van der Waals surface area contributed by atoms with Gasteiger partial charge in [-0.05, 0) is 60.9 Å². The molecule has 5 heterocycles. The predicted octanol–water partition coefficient (Wildman–Crippen LogP) is 7.92. The Balaban J connectivity index is 0.000000131. The number of aliphatic imine (C=N–C) groups is 1. The van der Waals surface area contributed by atoms with Gasteiger partial charge in [-0.2, -0.15) is 0 Å². The van der Waals surface area contributed by atoms with Crippen LogP contribution in [0.25, 0.3) is 28.5 Å². The number of carbonyl (C=O) groups excluding carboxylic acids is 1. The minimum absolute atomic E-state index is 0.263. The van der Waals surface area contributed by atoms with Crippen molar-refractivity contribution in [1.82, 2.24) is 30.2 Å². The minimum atomic E-state index is -0.263. The molecular weight excluding hydrogens is 657 g/mol. The molecule has 1 amide bonds. The van der Waals surface area contributed by atoms with Crippen LogP contribution in [0.1, 0.15) is 15.9 Å². The SMILES string of the molecule is CSC1=Nc2cccnc2Nc2ccccc21.NNC(=O)c1ccccc1.c1ccc(-c2nnc3n2-c2cccnc2Nc2ccccc2-3)cc1. The van der Waals surface area contributed by atoms with Crippen LogP contribution in [0.5, 0.6) is 0 Å². The summed E-state index contributed by atoms with van der Waals surface area (Å²) in [5.41, 5.74) is 9.61. The molecule has 2 aliphatic rings. The van der Waals surface area contributed by atoms with E-state index >= 15 is 0 Å². The molecule has 0 radical (unpaired) electrons. The van der Waals surface area contributed by atoms with Crippen LogP contribution < -0.4 is 21.9 Å². The Morgan fingerprint density at radius 1 is 0.667 bits per heavy atom. The second-order valence-electron chi connectivity index (χ2n) is 11.1. The molecule has 11 nitrogen and oxygen atoms in total. The molecule has 0 atom stereocenters. The highest BCUT2D eigenvalue weighted by Gasteiger charge is 2.24. The lowest BCUT2D eigenvalue weighted by Gasteiger charge is -2.10. The number of nitrogens with one attached hydrogen (secondary N) is 3. The van der Waals surface area contributed by atoms with Crippen LogP contribution in [0.3, 0.4) is 0 Å². The lowest BCUT2D eigenvalue weighted by Crippen LogP contribution is -2.29. The van der Waals surface area contributed by atoms with E-state index in [1.807, 2.05) is 115 Å². The van der Waals surface area contributed by atoms with Gasteiger partial charge in [0.2, 0.25) is 0 Å². The van der Waals surface area contributed by atoms with E-state index in [0.717, 1.165) is 67.8 Å². The molecule has 7 aromatic rings. The zero-order valence-electron chi connectivity index (χ0n) is 27.4. The maximum atomic E-state index is 10.8. The smallest absolute Gasteiger partial charge is 0.265 e. The molecule has 0 saturated carbocycles. The fourth-order valence-electron chi connectivity index (χ4n) is 5.54. The van der Waals surface area contributed by atoms with Gasteiger partial charge in [0.25, 0.3) is 5.91 Å². The third kappa shape index (κ3) is 7.08. The molecule has 9 rings (SSSR count). The number of fused-ring (bicyclic) bond motifs is 7. The van der Waals surface area contributed by atoms with E-state index < -0.39 is 0 Å². The van der Waals surface area contributed by atoms with E-state index in [4.69, 9.17) is 5.84 Å². The molecule has 12 heteroatoms. The van der Waals surface area contributed by atoms with Gasteiger partial charge in [-0.3, -0.25) is 14.8 Å². The maximum absolute atomic E-state index is 10.8. The zero-order valence-corrected chi connectivity index (χ0v) is 28.3. The highest BCUT2D eigenvalue weighted by molar-refractivity contribution is 8.13. The first-order chi connectivity index (χ1) is 25.1. The van der Waals surface area contributed by atoms with Crippen molar-refractivity contribution >= 4 is 51.4 Å². The Kier molecular flexibility index (Phi) is 9.86. The summed E-state index contributed by atoms with van der Waals surface area (Å²) in [5, 5.41) is 16.7. The fraction of sp³-hybridized carbons (Fsp3) is 0.0256. The minimum Gasteiger partial charge on any atom is -0.338 e. The standard InChI is InChI=1S/C19H13N5.C13H11N3S.C7H8N2O/c1-2-7-13(8-3-1)18-22-23-19-14-9-4-5-10-15(14)21-17-16(24(18)19)11-6-12-20-17;1-17-13-9-5-2-3-6-10(9)15-12-11(16-13)7-4-8-14-12;8-9-7(10)6-4-2-1-3-5-6/h1-12H,(H,20,21);2-8H,1H3,(H,14,15);1-5H,8H2,(H,9,10). The van der Waals surface area contributed by atoms with Crippen molar-refractivity contribution in [2.75, 3.05) is 16.9 Å². The summed E-state index contributed by atoms with van der Waals surface area (Å²) < 4.78 is 2.07. The zero-order chi connectivity index (χ0) is 35.0. The lowest BCUT2D eigenvalue weighted by molar-refractivity contribution is 0.0953. The number of hydrazine groups is 1. The van der Waals surface area contributed by atoms with E-state index in [1.54, 1.807) is 48.4 Å². The van der Waals surface area contributed by atoms with E-state index in [0.29, 0.717) is 5.56 Å². The number of pyridine rings is 2. The molecule has 0 spiro atoms. The van der Waals surface area contributed by atoms with E-state index in [-0.39, 0.29) is 5.91 Å². The van der Waals surface area contributed by atoms with Gasteiger partial charge in [-0.1, -0.05) is 78.9 Å². The van der Waals surface area contributed by atoms with Gasteiger partial charge in [0, 0.05) is 40.3 Å². The first-order valence-electron chi connectivity index (χ1n) is 16.0. The Labute approximate surface area is 298 Å². The van der Waals surface area contributed by atoms with Crippen LogP contribution >= 0.6 is 11.8 Å². The van der Waals surface area contributed by atoms with Crippen molar-refractivity contribution in [2.45, 2.75) is 0 Å². The Morgan fingerprint density at radius 2 is 1.25 bits per heavy atom. The predicted molar refractivity (Wildman–Crippen MR) is 205 cm³/mol. The number of nitrogens with two attached hydrogens (primary N) is 1. The van der Waals surface area contributed by atoms with Crippen LogP contribution in [0.4, 0.5) is 28.7 Å². The number of benzene rings is 4. The summed E-state index contributed by atoms with van der Waals surface area (Å²) in [5.74, 6) is 7.86. The second-order valence-corrected chi connectivity index (χ2v) is 11.9. The first kappa shape index (κ1) is 32.9. The van der Waals surface area contributed by atoms with Gasteiger partial charge in [0.05, 0.1) is 11.4 Å². The number of aromatic nitrogens is 5. The number of nitrogens with zero attached hydrogens (tertiary/aromatic N) is 6. The Hall–Kier alpha value is -6.63. The summed E-state index contributed by atoms with van der Waals surface area (Å²) in [6.07, 6.45) is 5.59. The van der Waals surface area contributed by atoms with Crippen LogP contribution in [-0.4, -0.2) is 41.9 Å². The second kappa shape index (κ2) is 15.3. The molecule has 5 N–H and O–H groups in total. The van der Waals surface area contributed by atoms with Crippen LogP contribution in [-0.2, 0) is 0 Å². The molecule has 0 unspecified atom stereocenters. The quantitative estimate of drug-likeness (QED) is 0.0807. The van der Waals surface area contributed by atoms with E-state index in [9.17, 15) is 4.79 Å². The molecule has 0 saturated heterocycles. The third-order valence-corrected chi connectivity index (χ3v) is 8.62. The van der Waals surface area contributed by atoms with Crippen molar-refractivity contribution in [3.8, 4) is 28.5 Å². The fourth-order valence-corrected chi connectivity index (χ4v) is 6.12. The summed E-state index contributed by atoms with van der Waals surface area (Å²) >= 11 is 1.65. The molecule has 0 fully saturated rings. The number of amides is 1. The molecule has 0 aliphatic carbocycles. The van der Waals surface area contributed by atoms with Gasteiger partial charge in [-0.25, -0.2) is 20.8 Å². The van der Waals surface area contributed by atoms with Crippen LogP contribution in [0.15, 0.2) is 151 Å². The summed E-state index contributed by atoms with van der Waals surface area (Å²) in [6, 6.07) is 42.9. The van der Waals surface area contributed by atoms with Crippen molar-refractivity contribution in [3.63, 3.8) is 0 Å². The highest BCUT2D eigenvalue weighted by Crippen LogP contribution is 2.39. The lowest BCUT2D eigenvalue weighted by atomic mass is 10.1. The van der Waals surface area contributed by atoms with E-state index in [2.05, 4.69) is 46.4 Å². The molecule has 250 valence electrons. The summed E-state index contributed by atoms with van der Waals surface area (Å²) in [7, 11) is 0. The number of nitrogen functional groups attached to an aromatic ring is 1. The van der Waals surface area contributed by atoms with Gasteiger partial charge >= 0.3 is 0 Å². The van der Waals surface area contributed by atoms with Crippen molar-refractivity contribution in [1.29, 1.82) is 0 Å². The largest absolute Gasteiger partial charge is 0.338 e. The molecule has 0 bridgehead atoms. The normalized spacial score (nSPS) is 11.5. The molecule has 3 aromatic heterocycles. The van der Waals surface area contributed by atoms with E-state index in [1.165, 1.54) is 0 Å². The number of rotatable bonds is 2. The number of hydrogen-bond donors (Lipinski definition) is 4. The number of thioether (sulfide) groups is 1. The maximum Gasteiger partial charge on any atom is 0.265 e. The number of para-hydroxylation sites is 2. The molecule has 51 heavy (non-hydrogen) atoms. The van der Waals surface area contributed by atoms with Crippen molar-refractivity contribution < 1.29 is 4.79 Å². The number of carbonyl (C=O) groups is 1. The van der Waals surface area contributed by atoms with Crippen LogP contribution in [0, 0.1) is 0 Å². The van der Waals surface area contributed by atoms with Gasteiger partial charge < -0.3 is 10.6 Å². The van der Waals surface area contributed by atoms with Crippen molar-refractivity contribution in [3.05, 3.63) is 157 Å². The average molecular weight is 689 g/mol. The Morgan fingerprint density at radius 3 is 1.98 bits per heavy atom. The van der Waals surface area contributed by atoms with Crippen LogP contribution in [0.2, 0.25) is 0 Å². The summed E-state index contributed by atoms with van der Waals surface area (Å²) in [6.45, 7) is 0. The number of anilines is 4. The van der Waals surface area contributed by atoms with Gasteiger partial charge in [0.1, 0.15) is 10.7 Å². The molecular formula is C39H32N10OS. The average Bonchev–Trinajstić information content (AvgIpc) is 3.49. The summed E-state index contributed by atoms with van der Waals surface area (Å²) in [4.78, 5) is 24.3. The Bertz CT molecular complexity index is 2330. The highest BCUT2D eigenvalue weighted by atomic mass is 32.2. The van der Waals surface area contributed by atoms with Gasteiger partial charge in [-0.15, -0.1) is 22.0 Å². The monoisotopic (exact) mass is 688 g/mol. The third-order valence-electron chi connectivity index (χ3n) is 7.92. The first-order valence-corrected chi connectivity index (χ1v) is 17.2. The molecule has 2 aliphatic heterocycles.